The molecule has 0 aliphatic carbocycles. The summed E-state index contributed by atoms with van der Waals surface area (Å²) in [5.41, 5.74) is 2.75. The second-order valence-electron chi connectivity index (χ2n) is 4.28. The highest BCUT2D eigenvalue weighted by Gasteiger charge is 2.13. The highest BCUT2D eigenvalue weighted by molar-refractivity contribution is 6.29. The first-order valence-corrected chi connectivity index (χ1v) is 6.35. The number of nitrogens with one attached hydrogen (secondary N) is 1. The zero-order valence-electron chi connectivity index (χ0n) is 11.4. The summed E-state index contributed by atoms with van der Waals surface area (Å²) in [7, 11) is 1.60. The Morgan fingerprint density at radius 3 is 2.55 bits per heavy atom. The summed E-state index contributed by atoms with van der Waals surface area (Å²) in [4.78, 5) is 12.1. The van der Waals surface area contributed by atoms with Gasteiger partial charge in [-0.15, -0.1) is 10.2 Å². The third-order valence-corrected chi connectivity index (χ3v) is 3.12. The highest BCUT2D eigenvalue weighted by Crippen LogP contribution is 2.29. The molecule has 0 saturated carbocycles. The quantitative estimate of drug-likeness (QED) is 0.944. The van der Waals surface area contributed by atoms with Gasteiger partial charge >= 0.3 is 0 Å². The van der Waals surface area contributed by atoms with Gasteiger partial charge in [0, 0.05) is 11.3 Å². The number of aromatic nitrogens is 2. The fourth-order valence-electron chi connectivity index (χ4n) is 1.90. The largest absolute Gasteiger partial charge is 0.496 e. The third-order valence-electron chi connectivity index (χ3n) is 2.92. The second-order valence-corrected chi connectivity index (χ2v) is 4.67. The fraction of sp³-hybridized carbons (Fsp3) is 0.214. The van der Waals surface area contributed by atoms with Crippen LogP contribution in [-0.4, -0.2) is 23.2 Å². The fourth-order valence-corrected chi connectivity index (χ4v) is 2.00. The highest BCUT2D eigenvalue weighted by atomic mass is 35.5. The van der Waals surface area contributed by atoms with Crippen molar-refractivity contribution in [2.75, 3.05) is 12.4 Å². The van der Waals surface area contributed by atoms with Gasteiger partial charge in [0.2, 0.25) is 0 Å². The number of rotatable bonds is 3. The van der Waals surface area contributed by atoms with Crippen molar-refractivity contribution < 1.29 is 9.53 Å². The molecule has 0 unspecified atom stereocenters. The summed E-state index contributed by atoms with van der Waals surface area (Å²) >= 11 is 5.64. The number of aryl methyl sites for hydroxylation is 1. The maximum atomic E-state index is 12.1. The third kappa shape index (κ3) is 2.88. The zero-order chi connectivity index (χ0) is 14.7. The standard InChI is InChI=1S/C14H14ClN3O2/c1-8-4-5-10(9(2)13(8)20-3)16-14(19)11-6-7-12(15)18-17-11/h4-7H,1-3H3,(H,16,19). The number of halogens is 1. The lowest BCUT2D eigenvalue weighted by Crippen LogP contribution is -2.15. The van der Waals surface area contributed by atoms with Gasteiger partial charge in [0.05, 0.1) is 7.11 Å². The lowest BCUT2D eigenvalue weighted by Gasteiger charge is -2.13. The minimum atomic E-state index is -0.344. The number of hydrogen-bond donors (Lipinski definition) is 1. The Labute approximate surface area is 121 Å². The van der Waals surface area contributed by atoms with Crippen LogP contribution in [0.2, 0.25) is 5.15 Å². The lowest BCUT2D eigenvalue weighted by atomic mass is 10.1. The molecule has 6 heteroatoms. The van der Waals surface area contributed by atoms with Crippen LogP contribution < -0.4 is 10.1 Å². The molecule has 0 aliphatic heterocycles. The van der Waals surface area contributed by atoms with Gasteiger partial charge in [-0.3, -0.25) is 4.79 Å². The van der Waals surface area contributed by atoms with E-state index < -0.39 is 0 Å². The van der Waals surface area contributed by atoms with Gasteiger partial charge in [-0.05, 0) is 37.6 Å². The number of amides is 1. The molecule has 20 heavy (non-hydrogen) atoms. The molecular formula is C14H14ClN3O2. The summed E-state index contributed by atoms with van der Waals surface area (Å²) in [6.45, 7) is 3.83. The topological polar surface area (TPSA) is 64.1 Å². The van der Waals surface area contributed by atoms with Crippen LogP contribution in [0.15, 0.2) is 24.3 Å². The number of hydrogen-bond acceptors (Lipinski definition) is 4. The van der Waals surface area contributed by atoms with E-state index in [1.807, 2.05) is 26.0 Å². The van der Waals surface area contributed by atoms with Gasteiger partial charge in [0.15, 0.2) is 10.8 Å². The molecule has 1 amide bonds. The first kappa shape index (κ1) is 14.3. The van der Waals surface area contributed by atoms with Gasteiger partial charge in [-0.25, -0.2) is 0 Å². The van der Waals surface area contributed by atoms with Gasteiger partial charge in [0.1, 0.15) is 5.75 Å². The van der Waals surface area contributed by atoms with Crippen molar-refractivity contribution in [3.05, 3.63) is 46.2 Å². The smallest absolute Gasteiger partial charge is 0.276 e. The van der Waals surface area contributed by atoms with E-state index in [1.54, 1.807) is 7.11 Å². The van der Waals surface area contributed by atoms with Crippen molar-refractivity contribution in [1.29, 1.82) is 0 Å². The lowest BCUT2D eigenvalue weighted by molar-refractivity contribution is 0.102. The van der Waals surface area contributed by atoms with Crippen LogP contribution in [0.3, 0.4) is 0 Å². The molecule has 1 N–H and O–H groups in total. The van der Waals surface area contributed by atoms with Gasteiger partial charge in [-0.2, -0.15) is 0 Å². The average molecular weight is 292 g/mol. The molecule has 1 aromatic heterocycles. The van der Waals surface area contributed by atoms with E-state index >= 15 is 0 Å². The van der Waals surface area contributed by atoms with Crippen molar-refractivity contribution >= 4 is 23.2 Å². The predicted molar refractivity (Wildman–Crippen MR) is 77.5 cm³/mol. The maximum absolute atomic E-state index is 12.1. The van der Waals surface area contributed by atoms with E-state index in [0.717, 1.165) is 16.9 Å². The van der Waals surface area contributed by atoms with Gasteiger partial charge in [-0.1, -0.05) is 17.7 Å². The van der Waals surface area contributed by atoms with Crippen LogP contribution in [-0.2, 0) is 0 Å². The summed E-state index contributed by atoms with van der Waals surface area (Å²) < 4.78 is 5.32. The van der Waals surface area contributed by atoms with Crippen molar-refractivity contribution in [3.8, 4) is 5.75 Å². The van der Waals surface area contributed by atoms with Gasteiger partial charge in [0.25, 0.3) is 5.91 Å². The molecule has 0 saturated heterocycles. The van der Waals surface area contributed by atoms with Gasteiger partial charge < -0.3 is 10.1 Å². The summed E-state index contributed by atoms with van der Waals surface area (Å²) in [6.07, 6.45) is 0. The number of methoxy groups -OCH3 is 1. The maximum Gasteiger partial charge on any atom is 0.276 e. The van der Waals surface area contributed by atoms with Crippen LogP contribution in [0.4, 0.5) is 5.69 Å². The van der Waals surface area contributed by atoms with E-state index in [9.17, 15) is 4.79 Å². The van der Waals surface area contributed by atoms with Crippen LogP contribution in [0.1, 0.15) is 21.6 Å². The minimum absolute atomic E-state index is 0.202. The molecule has 104 valence electrons. The Bertz CT molecular complexity index is 642. The number of carbonyl (C=O) groups excluding carboxylic acids is 1. The molecular weight excluding hydrogens is 278 g/mol. The Kier molecular flexibility index (Phi) is 4.20. The first-order chi connectivity index (χ1) is 9.52. The molecule has 0 aliphatic rings. The monoisotopic (exact) mass is 291 g/mol. The van der Waals surface area contributed by atoms with E-state index in [-0.39, 0.29) is 16.8 Å². The first-order valence-electron chi connectivity index (χ1n) is 5.97. The van der Waals surface area contributed by atoms with E-state index in [4.69, 9.17) is 16.3 Å². The number of benzene rings is 1. The minimum Gasteiger partial charge on any atom is -0.496 e. The molecule has 1 aromatic carbocycles. The van der Waals surface area contributed by atoms with Crippen LogP contribution in [0.5, 0.6) is 5.75 Å². The molecule has 0 atom stereocenters. The van der Waals surface area contributed by atoms with Crippen LogP contribution >= 0.6 is 11.6 Å². The summed E-state index contributed by atoms with van der Waals surface area (Å²) in [6, 6.07) is 6.75. The average Bonchev–Trinajstić information content (AvgIpc) is 2.43. The Morgan fingerprint density at radius 2 is 1.95 bits per heavy atom. The van der Waals surface area contributed by atoms with E-state index in [1.165, 1.54) is 12.1 Å². The molecule has 0 spiro atoms. The van der Waals surface area contributed by atoms with Crippen molar-refractivity contribution in [3.63, 3.8) is 0 Å². The molecule has 2 rings (SSSR count). The van der Waals surface area contributed by atoms with Crippen LogP contribution in [0.25, 0.3) is 0 Å². The molecule has 0 fully saturated rings. The Morgan fingerprint density at radius 1 is 1.20 bits per heavy atom. The van der Waals surface area contributed by atoms with E-state index in [0.29, 0.717) is 5.69 Å². The zero-order valence-corrected chi connectivity index (χ0v) is 12.2. The molecule has 0 radical (unpaired) electrons. The molecule has 2 aromatic rings. The molecule has 0 bridgehead atoms. The Balaban J connectivity index is 2.26. The second kappa shape index (κ2) is 5.88. The Hall–Kier alpha value is -2.14. The number of ether oxygens (including phenoxy) is 1. The van der Waals surface area contributed by atoms with Crippen LogP contribution in [0, 0.1) is 13.8 Å². The predicted octanol–water partition coefficient (Wildman–Crippen LogP) is 3.01. The number of carbonyl (C=O) groups is 1. The van der Waals surface area contributed by atoms with Crippen molar-refractivity contribution in [2.45, 2.75) is 13.8 Å². The molecule has 5 nitrogen and oxygen atoms in total. The SMILES string of the molecule is COc1c(C)ccc(NC(=O)c2ccc(Cl)nn2)c1C. The normalized spacial score (nSPS) is 10.2. The van der Waals surface area contributed by atoms with Crippen molar-refractivity contribution in [2.24, 2.45) is 0 Å². The number of anilines is 1. The summed E-state index contributed by atoms with van der Waals surface area (Å²) in [5.74, 6) is 0.410. The molecule has 1 heterocycles. The van der Waals surface area contributed by atoms with Crippen molar-refractivity contribution in [1.82, 2.24) is 10.2 Å². The van der Waals surface area contributed by atoms with E-state index in [2.05, 4.69) is 15.5 Å². The number of nitrogens with zero attached hydrogens (tertiary/aromatic N) is 2. The summed E-state index contributed by atoms with van der Waals surface area (Å²) in [5, 5.41) is 10.4.